The summed E-state index contributed by atoms with van der Waals surface area (Å²) in [5.41, 5.74) is -0.372. The number of hydrogen-bond acceptors (Lipinski definition) is 3. The number of hydrogen-bond donors (Lipinski definition) is 0. The molecule has 112 valence electrons. The summed E-state index contributed by atoms with van der Waals surface area (Å²) in [6.45, 7) is 0. The Morgan fingerprint density at radius 3 is 1.52 bits per heavy atom. The summed E-state index contributed by atoms with van der Waals surface area (Å²) in [6.07, 6.45) is 0. The molecule has 0 aromatic heterocycles. The molecule has 0 unspecified atom stereocenters. The first kappa shape index (κ1) is 15.0. The topological polar surface area (TPSA) is 27.7 Å². The van der Waals surface area contributed by atoms with Crippen molar-refractivity contribution < 1.29 is 27.4 Å². The summed E-state index contributed by atoms with van der Waals surface area (Å²) in [5.74, 6) is -2.40. The lowest BCUT2D eigenvalue weighted by Gasteiger charge is -2.16. The van der Waals surface area contributed by atoms with Gasteiger partial charge in [-0.25, -0.2) is 13.2 Å². The molecule has 0 N–H and O–H groups in total. The SMILES string of the molecule is COc1cc(OC)c(-c2c(F)cc(F)cc2F)c(OC)c1. The van der Waals surface area contributed by atoms with Crippen LogP contribution in [0, 0.1) is 17.5 Å². The van der Waals surface area contributed by atoms with Crippen molar-refractivity contribution in [2.75, 3.05) is 21.3 Å². The predicted molar refractivity (Wildman–Crippen MR) is 71.4 cm³/mol. The quantitative estimate of drug-likeness (QED) is 0.859. The highest BCUT2D eigenvalue weighted by Gasteiger charge is 2.22. The molecule has 3 nitrogen and oxygen atoms in total. The molecule has 0 saturated heterocycles. The van der Waals surface area contributed by atoms with Crippen LogP contribution in [0.5, 0.6) is 17.2 Å². The number of rotatable bonds is 4. The monoisotopic (exact) mass is 298 g/mol. The predicted octanol–water partition coefficient (Wildman–Crippen LogP) is 3.80. The van der Waals surface area contributed by atoms with Gasteiger partial charge < -0.3 is 14.2 Å². The van der Waals surface area contributed by atoms with Gasteiger partial charge >= 0.3 is 0 Å². The van der Waals surface area contributed by atoms with Crippen molar-refractivity contribution in [1.82, 2.24) is 0 Å². The molecule has 0 aliphatic carbocycles. The molecule has 0 radical (unpaired) electrons. The third-order valence-electron chi connectivity index (χ3n) is 2.97. The van der Waals surface area contributed by atoms with Crippen molar-refractivity contribution in [1.29, 1.82) is 0 Å². The normalized spacial score (nSPS) is 10.4. The molecule has 0 heterocycles. The summed E-state index contributed by atoms with van der Waals surface area (Å²) in [6, 6.07) is 4.11. The Morgan fingerprint density at radius 1 is 0.667 bits per heavy atom. The van der Waals surface area contributed by atoms with Crippen LogP contribution in [0.1, 0.15) is 0 Å². The minimum absolute atomic E-state index is 0.0517. The number of benzene rings is 2. The molecule has 0 bridgehead atoms. The Kier molecular flexibility index (Phi) is 4.26. The van der Waals surface area contributed by atoms with E-state index in [1.165, 1.54) is 33.5 Å². The maximum absolute atomic E-state index is 14.0. The summed E-state index contributed by atoms with van der Waals surface area (Å²) in [4.78, 5) is 0. The van der Waals surface area contributed by atoms with Crippen LogP contribution in [0.4, 0.5) is 13.2 Å². The van der Waals surface area contributed by atoms with Gasteiger partial charge in [-0.3, -0.25) is 0 Å². The van der Waals surface area contributed by atoms with Crippen LogP contribution >= 0.6 is 0 Å². The van der Waals surface area contributed by atoms with Gasteiger partial charge in [-0.05, 0) is 0 Å². The molecule has 6 heteroatoms. The van der Waals surface area contributed by atoms with Crippen molar-refractivity contribution in [3.8, 4) is 28.4 Å². The highest BCUT2D eigenvalue weighted by Crippen LogP contribution is 2.43. The second kappa shape index (κ2) is 5.95. The van der Waals surface area contributed by atoms with E-state index >= 15 is 0 Å². The van der Waals surface area contributed by atoms with E-state index < -0.39 is 23.0 Å². The number of methoxy groups -OCH3 is 3. The average Bonchev–Trinajstić information content (AvgIpc) is 2.45. The highest BCUT2D eigenvalue weighted by atomic mass is 19.1. The van der Waals surface area contributed by atoms with E-state index in [9.17, 15) is 13.2 Å². The lowest BCUT2D eigenvalue weighted by Crippen LogP contribution is -1.99. The van der Waals surface area contributed by atoms with Crippen molar-refractivity contribution >= 4 is 0 Å². The molecule has 0 fully saturated rings. The zero-order valence-corrected chi connectivity index (χ0v) is 11.7. The third-order valence-corrected chi connectivity index (χ3v) is 2.97. The van der Waals surface area contributed by atoms with Gasteiger partial charge in [0.15, 0.2) is 0 Å². The summed E-state index contributed by atoms with van der Waals surface area (Å²) in [5, 5.41) is 0. The summed E-state index contributed by atoms with van der Waals surface area (Å²) in [7, 11) is 4.13. The van der Waals surface area contributed by atoms with E-state index in [1.807, 2.05) is 0 Å². The molecule has 0 aliphatic heterocycles. The lowest BCUT2D eigenvalue weighted by molar-refractivity contribution is 0.376. The molecule has 2 aromatic carbocycles. The molecular weight excluding hydrogens is 285 g/mol. The zero-order valence-electron chi connectivity index (χ0n) is 11.7. The van der Waals surface area contributed by atoms with Crippen LogP contribution in [0.25, 0.3) is 11.1 Å². The van der Waals surface area contributed by atoms with Gasteiger partial charge in [0.25, 0.3) is 0 Å². The van der Waals surface area contributed by atoms with E-state index in [2.05, 4.69) is 0 Å². The largest absolute Gasteiger partial charge is 0.496 e. The fraction of sp³-hybridized carbons (Fsp3) is 0.200. The molecule has 2 rings (SSSR count). The van der Waals surface area contributed by atoms with Crippen LogP contribution in [0.2, 0.25) is 0 Å². The Hall–Kier alpha value is -2.37. The molecule has 0 aliphatic rings. The van der Waals surface area contributed by atoms with E-state index in [4.69, 9.17) is 14.2 Å². The summed E-state index contributed by atoms with van der Waals surface area (Å²) >= 11 is 0. The van der Waals surface area contributed by atoms with Crippen molar-refractivity contribution in [2.45, 2.75) is 0 Å². The second-order valence-corrected chi connectivity index (χ2v) is 4.15. The Bertz CT molecular complexity index is 623. The van der Waals surface area contributed by atoms with Gasteiger partial charge in [0.05, 0.1) is 32.5 Å². The molecule has 2 aromatic rings. The van der Waals surface area contributed by atoms with Gasteiger partial charge in [-0.1, -0.05) is 0 Å². The third kappa shape index (κ3) is 2.74. The fourth-order valence-electron chi connectivity index (χ4n) is 2.03. The first-order valence-electron chi connectivity index (χ1n) is 5.96. The van der Waals surface area contributed by atoms with Crippen molar-refractivity contribution in [2.24, 2.45) is 0 Å². The minimum atomic E-state index is -1.05. The molecular formula is C15H13F3O3. The van der Waals surface area contributed by atoms with Gasteiger partial charge in [0.1, 0.15) is 34.7 Å². The number of halogens is 3. The van der Waals surface area contributed by atoms with Crippen molar-refractivity contribution in [3.63, 3.8) is 0 Å². The first-order valence-corrected chi connectivity index (χ1v) is 5.96. The lowest BCUT2D eigenvalue weighted by atomic mass is 10.0. The second-order valence-electron chi connectivity index (χ2n) is 4.15. The Labute approximate surface area is 119 Å². The molecule has 0 spiro atoms. The number of ether oxygens (including phenoxy) is 3. The highest BCUT2D eigenvalue weighted by molar-refractivity contribution is 5.79. The minimum Gasteiger partial charge on any atom is -0.496 e. The zero-order chi connectivity index (χ0) is 15.6. The maximum Gasteiger partial charge on any atom is 0.137 e. The fourth-order valence-corrected chi connectivity index (χ4v) is 2.03. The van der Waals surface area contributed by atoms with Crippen LogP contribution in [0.15, 0.2) is 24.3 Å². The standard InChI is InChI=1S/C15H13F3O3/c1-19-9-6-12(20-2)15(13(7-9)21-3)14-10(17)4-8(16)5-11(14)18/h4-7H,1-3H3. The van der Waals surface area contributed by atoms with Gasteiger partial charge in [0, 0.05) is 24.3 Å². The Morgan fingerprint density at radius 2 is 1.14 bits per heavy atom. The van der Waals surface area contributed by atoms with Crippen LogP contribution in [-0.2, 0) is 0 Å². The maximum atomic E-state index is 14.0. The summed E-state index contributed by atoms with van der Waals surface area (Å²) < 4.78 is 56.4. The van der Waals surface area contributed by atoms with Crippen LogP contribution in [-0.4, -0.2) is 21.3 Å². The van der Waals surface area contributed by atoms with Gasteiger partial charge in [-0.15, -0.1) is 0 Å². The molecule has 0 saturated carbocycles. The van der Waals surface area contributed by atoms with Crippen molar-refractivity contribution in [3.05, 3.63) is 41.7 Å². The molecule has 21 heavy (non-hydrogen) atoms. The van der Waals surface area contributed by atoms with E-state index in [-0.39, 0.29) is 17.1 Å². The smallest absolute Gasteiger partial charge is 0.137 e. The van der Waals surface area contributed by atoms with E-state index in [0.29, 0.717) is 17.9 Å². The average molecular weight is 298 g/mol. The first-order chi connectivity index (χ1) is 10.0. The van der Waals surface area contributed by atoms with Crippen LogP contribution in [0.3, 0.4) is 0 Å². The molecule has 0 atom stereocenters. The van der Waals surface area contributed by atoms with E-state index in [0.717, 1.165) is 0 Å². The van der Waals surface area contributed by atoms with Gasteiger partial charge in [-0.2, -0.15) is 0 Å². The Balaban J connectivity index is 2.79. The van der Waals surface area contributed by atoms with E-state index in [1.54, 1.807) is 0 Å². The molecule has 0 amide bonds. The van der Waals surface area contributed by atoms with Crippen LogP contribution < -0.4 is 14.2 Å². The van der Waals surface area contributed by atoms with Gasteiger partial charge in [0.2, 0.25) is 0 Å².